The van der Waals surface area contributed by atoms with Gasteiger partial charge in [-0.15, -0.1) is 0 Å². The van der Waals surface area contributed by atoms with Crippen LogP contribution in [0.15, 0.2) is 48.5 Å². The van der Waals surface area contributed by atoms with Crippen LogP contribution in [0.25, 0.3) is 11.1 Å². The molecule has 0 aliphatic heterocycles. The molecule has 1 heterocycles. The Kier molecular flexibility index (Phi) is 7.06. The van der Waals surface area contributed by atoms with Crippen molar-refractivity contribution >= 4 is 34.5 Å². The summed E-state index contributed by atoms with van der Waals surface area (Å²) in [6.45, 7) is 1.39. The van der Waals surface area contributed by atoms with Gasteiger partial charge in [-0.2, -0.15) is 4.37 Å². The minimum atomic E-state index is -3.05. The lowest BCUT2D eigenvalue weighted by Gasteiger charge is -2.19. The molecule has 0 fully saturated rings. The van der Waals surface area contributed by atoms with Crippen molar-refractivity contribution in [3.8, 4) is 11.1 Å². The number of hydrogen-bond donors (Lipinski definition) is 3. The number of alkyl halides is 2. The van der Waals surface area contributed by atoms with E-state index in [0.29, 0.717) is 0 Å². The van der Waals surface area contributed by atoms with E-state index >= 15 is 0 Å². The van der Waals surface area contributed by atoms with Crippen molar-refractivity contribution in [1.82, 2.24) is 9.69 Å². The number of alkyl carbamates (subject to hydrolysis) is 1. The number of ether oxygens (including phenoxy) is 1. The lowest BCUT2D eigenvalue weighted by atomic mass is 9.98. The average molecular weight is 502 g/mol. The molecule has 11 heteroatoms. The summed E-state index contributed by atoms with van der Waals surface area (Å²) in [4.78, 5) is 35.9. The molecular formula is C24H21F2N3O5S. The van der Waals surface area contributed by atoms with Crippen molar-refractivity contribution in [2.24, 2.45) is 0 Å². The maximum Gasteiger partial charge on any atom is 0.407 e. The van der Waals surface area contributed by atoms with Gasteiger partial charge in [0.1, 0.15) is 23.2 Å². The number of nitrogens with zero attached hydrogens (tertiary/aromatic N) is 1. The van der Waals surface area contributed by atoms with Crippen LogP contribution in [-0.2, 0) is 9.53 Å². The Balaban J connectivity index is 1.38. The number of nitrogens with one attached hydrogen (secondary N) is 2. The molecule has 0 spiro atoms. The molecule has 2 amide bonds. The van der Waals surface area contributed by atoms with Crippen LogP contribution in [0.3, 0.4) is 0 Å². The number of carbonyl (C=O) groups excluding carboxylic acids is 2. The van der Waals surface area contributed by atoms with Gasteiger partial charge in [-0.3, -0.25) is 4.79 Å². The molecule has 1 aliphatic rings. The molecular weight excluding hydrogens is 480 g/mol. The van der Waals surface area contributed by atoms with Crippen LogP contribution in [-0.4, -0.2) is 46.5 Å². The van der Waals surface area contributed by atoms with Crippen molar-refractivity contribution < 1.29 is 33.0 Å². The largest absolute Gasteiger partial charge is 0.478 e. The van der Waals surface area contributed by atoms with Crippen LogP contribution >= 0.6 is 11.5 Å². The third-order valence-electron chi connectivity index (χ3n) is 5.69. The van der Waals surface area contributed by atoms with Crippen molar-refractivity contribution in [2.75, 3.05) is 11.9 Å². The Labute approximate surface area is 203 Å². The Morgan fingerprint density at radius 3 is 2.26 bits per heavy atom. The lowest BCUT2D eigenvalue weighted by molar-refractivity contribution is -0.117. The zero-order valence-electron chi connectivity index (χ0n) is 18.5. The molecule has 35 heavy (non-hydrogen) atoms. The fourth-order valence-corrected chi connectivity index (χ4v) is 4.88. The van der Waals surface area contributed by atoms with Crippen molar-refractivity contribution in [1.29, 1.82) is 0 Å². The Morgan fingerprint density at radius 2 is 1.69 bits per heavy atom. The molecule has 1 atom stereocenters. The summed E-state index contributed by atoms with van der Waals surface area (Å²) in [7, 11) is 0. The van der Waals surface area contributed by atoms with Crippen LogP contribution in [0.4, 0.5) is 18.6 Å². The topological polar surface area (TPSA) is 118 Å². The SMILES string of the molecule is Cc1nsc(NC(=O)CC(NC(=O)OCC2c3ccccc3-c3ccccc32)C(F)F)c1C(=O)O. The molecule has 182 valence electrons. The second kappa shape index (κ2) is 10.2. The maximum absolute atomic E-state index is 13.6. The number of anilines is 1. The second-order valence-corrected chi connectivity index (χ2v) is 8.71. The van der Waals surface area contributed by atoms with E-state index in [4.69, 9.17) is 4.74 Å². The number of carbonyl (C=O) groups is 3. The molecule has 0 saturated carbocycles. The fourth-order valence-electron chi connectivity index (χ4n) is 4.08. The highest BCUT2D eigenvalue weighted by molar-refractivity contribution is 7.11. The molecule has 3 N–H and O–H groups in total. The van der Waals surface area contributed by atoms with E-state index < -0.39 is 36.9 Å². The van der Waals surface area contributed by atoms with Gasteiger partial charge in [-0.05, 0) is 40.7 Å². The first-order chi connectivity index (χ1) is 16.8. The van der Waals surface area contributed by atoms with E-state index in [0.717, 1.165) is 33.8 Å². The van der Waals surface area contributed by atoms with Crippen LogP contribution in [0, 0.1) is 6.92 Å². The number of carboxylic acids is 1. The summed E-state index contributed by atoms with van der Waals surface area (Å²) >= 11 is 0.731. The number of aryl methyl sites for hydroxylation is 1. The number of hydrogen-bond acceptors (Lipinski definition) is 6. The molecule has 1 aromatic heterocycles. The van der Waals surface area contributed by atoms with Crippen molar-refractivity contribution in [3.63, 3.8) is 0 Å². The van der Waals surface area contributed by atoms with Gasteiger partial charge in [0.05, 0.1) is 12.1 Å². The van der Waals surface area contributed by atoms with Gasteiger partial charge in [0.15, 0.2) is 0 Å². The number of aromatic nitrogens is 1. The molecule has 0 radical (unpaired) electrons. The van der Waals surface area contributed by atoms with E-state index in [2.05, 4.69) is 9.69 Å². The number of fused-ring (bicyclic) bond motifs is 3. The van der Waals surface area contributed by atoms with E-state index in [1.54, 1.807) is 0 Å². The molecule has 1 aliphatic carbocycles. The molecule has 4 rings (SSSR count). The summed E-state index contributed by atoms with van der Waals surface area (Å²) < 4.78 is 36.2. The monoisotopic (exact) mass is 501 g/mol. The molecule has 8 nitrogen and oxygen atoms in total. The van der Waals surface area contributed by atoms with E-state index in [9.17, 15) is 28.3 Å². The van der Waals surface area contributed by atoms with E-state index in [-0.39, 0.29) is 28.8 Å². The predicted molar refractivity (Wildman–Crippen MR) is 125 cm³/mol. The summed E-state index contributed by atoms with van der Waals surface area (Å²) in [6.07, 6.45) is -4.91. The minimum Gasteiger partial charge on any atom is -0.478 e. The molecule has 1 unspecified atom stereocenters. The van der Waals surface area contributed by atoms with Gasteiger partial charge in [-0.25, -0.2) is 18.4 Å². The van der Waals surface area contributed by atoms with Crippen LogP contribution in [0.2, 0.25) is 0 Å². The van der Waals surface area contributed by atoms with Gasteiger partial charge >= 0.3 is 12.1 Å². The smallest absolute Gasteiger partial charge is 0.407 e. The maximum atomic E-state index is 13.6. The quantitative estimate of drug-likeness (QED) is 0.414. The number of halogens is 2. The number of aromatic carboxylic acids is 1. The zero-order chi connectivity index (χ0) is 25.1. The summed E-state index contributed by atoms with van der Waals surface area (Å²) in [5, 5.41) is 13.5. The summed E-state index contributed by atoms with van der Waals surface area (Å²) in [5.74, 6) is -2.43. The second-order valence-electron chi connectivity index (χ2n) is 7.94. The van der Waals surface area contributed by atoms with Crippen LogP contribution in [0.5, 0.6) is 0 Å². The minimum absolute atomic E-state index is 0.0610. The Bertz CT molecular complexity index is 1230. The highest BCUT2D eigenvalue weighted by atomic mass is 32.1. The standard InChI is InChI=1S/C24H21F2N3O5S/c1-12-20(23(31)32)22(35-29-12)28-19(30)10-18(21(25)26)27-24(33)34-11-17-15-8-4-2-6-13(15)14-7-3-5-9-16(14)17/h2-9,17-18,21H,10-11H2,1H3,(H,27,33)(H,28,30)(H,31,32). The highest BCUT2D eigenvalue weighted by Crippen LogP contribution is 2.44. The number of amides is 2. The number of carboxylic acid groups (broad SMARTS) is 1. The predicted octanol–water partition coefficient (Wildman–Crippen LogP) is 4.65. The van der Waals surface area contributed by atoms with Crippen LogP contribution in [0.1, 0.15) is 39.5 Å². The number of benzene rings is 2. The molecule has 0 saturated heterocycles. The van der Waals surface area contributed by atoms with E-state index in [1.165, 1.54) is 6.92 Å². The fraction of sp³-hybridized carbons (Fsp3) is 0.250. The normalized spacial score (nSPS) is 13.1. The van der Waals surface area contributed by atoms with Crippen molar-refractivity contribution in [2.45, 2.75) is 31.7 Å². The third kappa shape index (κ3) is 5.14. The lowest BCUT2D eigenvalue weighted by Crippen LogP contribution is -2.43. The van der Waals surface area contributed by atoms with E-state index in [1.807, 2.05) is 53.8 Å². The highest BCUT2D eigenvalue weighted by Gasteiger charge is 2.31. The molecule has 0 bridgehead atoms. The molecule has 3 aromatic rings. The first kappa shape index (κ1) is 24.3. The zero-order valence-corrected chi connectivity index (χ0v) is 19.3. The summed E-state index contributed by atoms with van der Waals surface area (Å²) in [5.41, 5.74) is 3.98. The van der Waals surface area contributed by atoms with Gasteiger partial charge in [0, 0.05) is 5.92 Å². The molecule has 2 aromatic carbocycles. The van der Waals surface area contributed by atoms with Gasteiger partial charge < -0.3 is 20.5 Å². The van der Waals surface area contributed by atoms with Gasteiger partial charge in [0.2, 0.25) is 5.91 Å². The number of rotatable bonds is 8. The Morgan fingerprint density at radius 1 is 1.09 bits per heavy atom. The first-order valence-electron chi connectivity index (χ1n) is 10.6. The Hall–Kier alpha value is -3.86. The summed E-state index contributed by atoms with van der Waals surface area (Å²) in [6, 6.07) is 13.6. The van der Waals surface area contributed by atoms with Gasteiger partial charge in [0.25, 0.3) is 6.43 Å². The van der Waals surface area contributed by atoms with Gasteiger partial charge in [-0.1, -0.05) is 48.5 Å². The third-order valence-corrected chi connectivity index (χ3v) is 6.54. The average Bonchev–Trinajstić information content (AvgIpc) is 3.34. The van der Waals surface area contributed by atoms with Crippen molar-refractivity contribution in [3.05, 3.63) is 70.9 Å². The van der Waals surface area contributed by atoms with Crippen LogP contribution < -0.4 is 10.6 Å². The first-order valence-corrected chi connectivity index (χ1v) is 11.4.